The lowest BCUT2D eigenvalue weighted by Crippen LogP contribution is -3.13. The van der Waals surface area contributed by atoms with Crippen LogP contribution in [0.15, 0.2) is 0 Å². The first kappa shape index (κ1) is 15.9. The third kappa shape index (κ3) is 9.12. The molecule has 0 aliphatic carbocycles. The number of hydrogen-bond acceptors (Lipinski definition) is 3. The third-order valence-electron chi connectivity index (χ3n) is 2.84. The Morgan fingerprint density at radius 2 is 1.88 bits per heavy atom. The van der Waals surface area contributed by atoms with Crippen molar-refractivity contribution in [2.24, 2.45) is 0 Å². The molecule has 4 nitrogen and oxygen atoms in total. The highest BCUT2D eigenvalue weighted by atomic mass is 32.2. The highest BCUT2D eigenvalue weighted by Gasteiger charge is 2.26. The largest absolute Gasteiger partial charge is 0.748 e. The predicted octanol–water partition coefficient (Wildman–Crippen LogP) is 0.405. The Morgan fingerprint density at radius 1 is 1.31 bits per heavy atom. The Morgan fingerprint density at radius 3 is 2.31 bits per heavy atom. The highest BCUT2D eigenvalue weighted by Crippen LogP contribution is 2.05. The van der Waals surface area contributed by atoms with Gasteiger partial charge in [-0.05, 0) is 12.8 Å². The number of likely N-dealkylation sites (tertiary alicyclic amines) is 1. The summed E-state index contributed by atoms with van der Waals surface area (Å²) in [5.74, 6) is 0. The van der Waals surface area contributed by atoms with Crippen LogP contribution in [0.25, 0.3) is 0 Å². The molecular weight excluding hydrogens is 226 g/mol. The van der Waals surface area contributed by atoms with Crippen LogP contribution in [0, 0.1) is 0 Å². The van der Waals surface area contributed by atoms with E-state index in [9.17, 15) is 0 Å². The second-order valence-electron chi connectivity index (χ2n) is 4.49. The van der Waals surface area contributed by atoms with E-state index in [2.05, 4.69) is 13.8 Å². The number of rotatable bonds is 4. The van der Waals surface area contributed by atoms with Crippen LogP contribution in [0.3, 0.4) is 0 Å². The maximum atomic E-state index is 9.08. The number of nitrogens with one attached hydrogen (secondary N) is 1. The Hall–Kier alpha value is -0.130. The number of hydrogen-bond donors (Lipinski definition) is 1. The summed E-state index contributed by atoms with van der Waals surface area (Å²) in [4.78, 5) is 1.88. The fourth-order valence-corrected chi connectivity index (χ4v) is 2.33. The summed E-state index contributed by atoms with van der Waals surface area (Å²) in [7, 11) is -3.92. The maximum Gasteiger partial charge on any atom is 0.0916 e. The van der Waals surface area contributed by atoms with E-state index in [0.29, 0.717) is 6.26 Å². The van der Waals surface area contributed by atoms with Crippen LogP contribution in [-0.2, 0) is 10.1 Å². The maximum absolute atomic E-state index is 9.08. The molecule has 1 saturated heterocycles. The fourth-order valence-electron chi connectivity index (χ4n) is 2.33. The minimum atomic E-state index is -3.92. The van der Waals surface area contributed by atoms with Gasteiger partial charge in [0, 0.05) is 19.1 Å². The Kier molecular flexibility index (Phi) is 7.97. The molecule has 2 atom stereocenters. The monoisotopic (exact) mass is 251 g/mol. The van der Waals surface area contributed by atoms with E-state index < -0.39 is 10.1 Å². The first-order valence-corrected chi connectivity index (χ1v) is 7.95. The summed E-state index contributed by atoms with van der Waals surface area (Å²) in [5, 5.41) is 0. The summed E-state index contributed by atoms with van der Waals surface area (Å²) in [6.07, 6.45) is 7.75. The molecule has 5 heteroatoms. The smallest absolute Gasteiger partial charge is 0.0916 e. The topological polar surface area (TPSA) is 61.6 Å². The van der Waals surface area contributed by atoms with E-state index in [1.807, 2.05) is 4.90 Å². The molecular formula is C11H25NO3S. The quantitative estimate of drug-likeness (QED) is 0.736. The molecule has 0 bridgehead atoms. The van der Waals surface area contributed by atoms with Crippen molar-refractivity contribution in [3.63, 3.8) is 0 Å². The molecule has 1 fully saturated rings. The zero-order chi connectivity index (χ0) is 12.6. The molecule has 1 aliphatic heterocycles. The summed E-state index contributed by atoms with van der Waals surface area (Å²) in [5.41, 5.74) is 0. The van der Waals surface area contributed by atoms with Gasteiger partial charge in [-0.15, -0.1) is 0 Å². The molecule has 2 unspecified atom stereocenters. The van der Waals surface area contributed by atoms with Crippen molar-refractivity contribution in [2.75, 3.05) is 19.3 Å². The van der Waals surface area contributed by atoms with Gasteiger partial charge in [0.15, 0.2) is 0 Å². The Balaban J connectivity index is 0.000000385. The van der Waals surface area contributed by atoms with Crippen molar-refractivity contribution >= 4 is 10.1 Å². The van der Waals surface area contributed by atoms with Gasteiger partial charge in [-0.1, -0.05) is 20.3 Å². The minimum Gasteiger partial charge on any atom is -0.748 e. The van der Waals surface area contributed by atoms with E-state index in [0.717, 1.165) is 6.04 Å². The molecule has 0 aromatic carbocycles. The van der Waals surface area contributed by atoms with E-state index in [1.165, 1.54) is 45.2 Å². The van der Waals surface area contributed by atoms with Crippen LogP contribution in [0.2, 0.25) is 0 Å². The van der Waals surface area contributed by atoms with Crippen LogP contribution in [0.5, 0.6) is 0 Å². The van der Waals surface area contributed by atoms with Crippen molar-refractivity contribution in [1.29, 1.82) is 0 Å². The van der Waals surface area contributed by atoms with Gasteiger partial charge in [0.05, 0.1) is 29.2 Å². The molecule has 1 aliphatic rings. The third-order valence-corrected chi connectivity index (χ3v) is 2.84. The molecule has 0 amide bonds. The highest BCUT2D eigenvalue weighted by molar-refractivity contribution is 7.84. The Labute approximate surface area is 99.8 Å². The standard InChI is InChI=1S/C10H21N.CH4O3S/c1-3-6-10-7-5-9-11(10)8-4-2;1-5(2,3)4/h10H,3-9H2,1-2H3;1H3,(H,2,3,4). The van der Waals surface area contributed by atoms with Crippen LogP contribution >= 0.6 is 0 Å². The molecule has 16 heavy (non-hydrogen) atoms. The average molecular weight is 251 g/mol. The van der Waals surface area contributed by atoms with E-state index in [1.54, 1.807) is 0 Å². The van der Waals surface area contributed by atoms with Gasteiger partial charge in [0.1, 0.15) is 0 Å². The summed E-state index contributed by atoms with van der Waals surface area (Å²) in [6.45, 7) is 7.46. The first-order valence-electron chi connectivity index (χ1n) is 6.13. The van der Waals surface area contributed by atoms with Gasteiger partial charge in [-0.3, -0.25) is 0 Å². The van der Waals surface area contributed by atoms with Crippen molar-refractivity contribution in [1.82, 2.24) is 0 Å². The Bertz CT molecular complexity index is 244. The van der Waals surface area contributed by atoms with E-state index in [4.69, 9.17) is 13.0 Å². The van der Waals surface area contributed by atoms with Crippen molar-refractivity contribution < 1.29 is 17.9 Å². The molecule has 1 rings (SSSR count). The van der Waals surface area contributed by atoms with Gasteiger partial charge in [-0.25, -0.2) is 8.42 Å². The van der Waals surface area contributed by atoms with Crippen LogP contribution < -0.4 is 4.90 Å². The molecule has 98 valence electrons. The molecule has 0 aromatic heterocycles. The van der Waals surface area contributed by atoms with Crippen molar-refractivity contribution in [2.45, 2.75) is 52.0 Å². The minimum absolute atomic E-state index is 0.604. The predicted molar refractivity (Wildman–Crippen MR) is 64.5 cm³/mol. The van der Waals surface area contributed by atoms with Gasteiger partial charge in [-0.2, -0.15) is 0 Å². The molecule has 1 N–H and O–H groups in total. The van der Waals surface area contributed by atoms with Crippen LogP contribution in [0.1, 0.15) is 46.0 Å². The lowest BCUT2D eigenvalue weighted by Gasteiger charge is -2.20. The molecule has 0 saturated carbocycles. The van der Waals surface area contributed by atoms with Gasteiger partial charge in [0.25, 0.3) is 0 Å². The van der Waals surface area contributed by atoms with Crippen molar-refractivity contribution in [3.8, 4) is 0 Å². The molecule has 1 heterocycles. The fraction of sp³-hybridized carbons (Fsp3) is 1.00. The second-order valence-corrected chi connectivity index (χ2v) is 5.90. The van der Waals surface area contributed by atoms with Crippen LogP contribution in [0.4, 0.5) is 0 Å². The summed E-state index contributed by atoms with van der Waals surface area (Å²) < 4.78 is 27.2. The van der Waals surface area contributed by atoms with Gasteiger partial charge < -0.3 is 9.45 Å². The van der Waals surface area contributed by atoms with Crippen molar-refractivity contribution in [3.05, 3.63) is 0 Å². The molecule has 0 spiro atoms. The second kappa shape index (κ2) is 8.03. The van der Waals surface area contributed by atoms with E-state index >= 15 is 0 Å². The number of quaternary nitrogens is 1. The molecule has 0 radical (unpaired) electrons. The summed E-state index contributed by atoms with van der Waals surface area (Å²) in [6, 6.07) is 1.01. The lowest BCUT2D eigenvalue weighted by atomic mass is 10.1. The molecule has 0 aromatic rings. The average Bonchev–Trinajstić information content (AvgIpc) is 2.51. The first-order chi connectivity index (χ1) is 7.38. The lowest BCUT2D eigenvalue weighted by molar-refractivity contribution is -0.912. The normalized spacial score (nSPS) is 25.0. The van der Waals surface area contributed by atoms with Crippen LogP contribution in [-0.4, -0.2) is 38.4 Å². The SMILES string of the molecule is CCCC1CCC[NH+]1CCC.CS(=O)(=O)[O-]. The zero-order valence-corrected chi connectivity index (χ0v) is 11.5. The zero-order valence-electron chi connectivity index (χ0n) is 10.7. The van der Waals surface area contributed by atoms with Gasteiger partial charge >= 0.3 is 0 Å². The van der Waals surface area contributed by atoms with E-state index in [-0.39, 0.29) is 0 Å². The summed E-state index contributed by atoms with van der Waals surface area (Å²) >= 11 is 0. The van der Waals surface area contributed by atoms with Gasteiger partial charge in [0.2, 0.25) is 0 Å².